The fourth-order valence-electron chi connectivity index (χ4n) is 3.07. The first-order valence-corrected chi connectivity index (χ1v) is 9.19. The van der Waals surface area contributed by atoms with Gasteiger partial charge in [0.2, 0.25) is 0 Å². The molecule has 0 fully saturated rings. The molecule has 31 heavy (non-hydrogen) atoms. The monoisotopic (exact) mass is 424 g/mol. The number of rotatable bonds is 4. The first-order valence-electron chi connectivity index (χ1n) is 9.19. The molecule has 156 valence electrons. The minimum atomic E-state index is -4.53. The summed E-state index contributed by atoms with van der Waals surface area (Å²) in [7, 11) is 0. The molecule has 2 heterocycles. The predicted octanol–water partition coefficient (Wildman–Crippen LogP) is 3.73. The maximum absolute atomic E-state index is 13.0. The van der Waals surface area contributed by atoms with Gasteiger partial charge in [-0.2, -0.15) is 13.2 Å². The number of hydrogen-bond acceptors (Lipinski definition) is 4. The lowest BCUT2D eigenvalue weighted by Crippen LogP contribution is -2.23. The van der Waals surface area contributed by atoms with E-state index in [1.807, 2.05) is 6.07 Å². The van der Waals surface area contributed by atoms with Crippen LogP contribution in [0.4, 0.5) is 13.2 Å². The quantitative estimate of drug-likeness (QED) is 0.542. The number of pyridine rings is 1. The zero-order valence-electron chi connectivity index (χ0n) is 15.9. The van der Waals surface area contributed by atoms with Crippen LogP contribution in [0, 0.1) is 0 Å². The third kappa shape index (κ3) is 4.30. The predicted molar refractivity (Wildman–Crippen MR) is 108 cm³/mol. The molecule has 6 nitrogen and oxygen atoms in total. The van der Waals surface area contributed by atoms with Crippen molar-refractivity contribution in [3.63, 3.8) is 0 Å². The molecule has 0 aliphatic rings. The molecular formula is C22H15F3N4O2. The Hall–Kier alpha value is -4.01. The van der Waals surface area contributed by atoms with Crippen LogP contribution >= 0.6 is 0 Å². The van der Waals surface area contributed by atoms with E-state index in [0.717, 1.165) is 28.6 Å². The van der Waals surface area contributed by atoms with E-state index in [4.69, 9.17) is 0 Å². The maximum Gasteiger partial charge on any atom is 0.416 e. The highest BCUT2D eigenvalue weighted by Crippen LogP contribution is 2.30. The van der Waals surface area contributed by atoms with E-state index in [1.54, 1.807) is 18.5 Å². The Morgan fingerprint density at radius 3 is 2.65 bits per heavy atom. The second-order valence-electron chi connectivity index (χ2n) is 6.74. The molecular weight excluding hydrogens is 409 g/mol. The zero-order chi connectivity index (χ0) is 22.0. The topological polar surface area (TPSA) is 76.9 Å². The molecule has 0 radical (unpaired) electrons. The van der Waals surface area contributed by atoms with Gasteiger partial charge in [0.15, 0.2) is 0 Å². The number of nitrogens with zero attached hydrogens (tertiary/aromatic N) is 3. The van der Waals surface area contributed by atoms with Crippen LogP contribution in [0.1, 0.15) is 21.5 Å². The van der Waals surface area contributed by atoms with Crippen molar-refractivity contribution in [2.24, 2.45) is 0 Å². The first-order chi connectivity index (χ1) is 14.8. The number of alkyl halides is 3. The molecule has 0 bridgehead atoms. The Morgan fingerprint density at radius 2 is 1.90 bits per heavy atom. The van der Waals surface area contributed by atoms with Crippen LogP contribution in [0.25, 0.3) is 16.6 Å². The summed E-state index contributed by atoms with van der Waals surface area (Å²) in [6.07, 6.45) is -0.107. The Balaban J connectivity index is 1.63. The summed E-state index contributed by atoms with van der Waals surface area (Å²) in [5.41, 5.74) is 0.0536. The largest absolute Gasteiger partial charge is 0.416 e. The fourth-order valence-corrected chi connectivity index (χ4v) is 3.07. The molecule has 1 N–H and O–H groups in total. The first kappa shape index (κ1) is 20.3. The van der Waals surface area contributed by atoms with Crippen LogP contribution in [-0.4, -0.2) is 20.4 Å². The average molecular weight is 424 g/mol. The van der Waals surface area contributed by atoms with E-state index in [9.17, 15) is 22.8 Å². The molecule has 0 aliphatic heterocycles. The number of halogens is 3. The number of carbonyl (C=O) groups is 1. The Morgan fingerprint density at radius 1 is 1.06 bits per heavy atom. The minimum absolute atomic E-state index is 0.0486. The summed E-state index contributed by atoms with van der Waals surface area (Å²) < 4.78 is 40.0. The minimum Gasteiger partial charge on any atom is -0.348 e. The average Bonchev–Trinajstić information content (AvgIpc) is 2.77. The molecule has 0 aliphatic carbocycles. The summed E-state index contributed by atoms with van der Waals surface area (Å²) in [6.45, 7) is 0.287. The Bertz CT molecular complexity index is 1320. The number of fused-ring (bicyclic) bond motifs is 1. The number of amides is 1. The highest BCUT2D eigenvalue weighted by Gasteiger charge is 2.30. The summed E-state index contributed by atoms with van der Waals surface area (Å²) >= 11 is 0. The standard InChI is InChI=1S/C22H15F3N4O2/c23-22(24,25)16-4-1-5-17(10-16)29-13-28-19-9-15(6-7-18(19)21(29)31)20(30)27-12-14-3-2-8-26-11-14/h1-11,13H,12H2,(H,27,30). The number of carbonyl (C=O) groups excluding carboxylic acids is 1. The third-order valence-corrected chi connectivity index (χ3v) is 4.65. The van der Waals surface area contributed by atoms with Crippen molar-refractivity contribution in [1.82, 2.24) is 19.9 Å². The van der Waals surface area contributed by atoms with Gasteiger partial charge in [-0.15, -0.1) is 0 Å². The molecule has 4 rings (SSSR count). The van der Waals surface area contributed by atoms with Gasteiger partial charge in [0, 0.05) is 24.5 Å². The van der Waals surface area contributed by atoms with E-state index < -0.39 is 17.3 Å². The van der Waals surface area contributed by atoms with Crippen LogP contribution in [0.3, 0.4) is 0 Å². The van der Waals surface area contributed by atoms with Gasteiger partial charge in [-0.1, -0.05) is 12.1 Å². The highest BCUT2D eigenvalue weighted by atomic mass is 19.4. The van der Waals surface area contributed by atoms with Crippen LogP contribution in [0.15, 0.2) is 78.1 Å². The van der Waals surface area contributed by atoms with E-state index in [2.05, 4.69) is 15.3 Å². The Labute approximate surface area is 174 Å². The van der Waals surface area contributed by atoms with Gasteiger partial charge in [0.25, 0.3) is 11.5 Å². The van der Waals surface area contributed by atoms with Gasteiger partial charge in [-0.05, 0) is 48.0 Å². The van der Waals surface area contributed by atoms with Crippen molar-refractivity contribution in [1.29, 1.82) is 0 Å². The number of nitrogens with one attached hydrogen (secondary N) is 1. The second-order valence-corrected chi connectivity index (χ2v) is 6.74. The molecule has 2 aromatic carbocycles. The van der Waals surface area contributed by atoms with Crippen LogP contribution in [-0.2, 0) is 12.7 Å². The zero-order valence-corrected chi connectivity index (χ0v) is 15.9. The van der Waals surface area contributed by atoms with E-state index in [-0.39, 0.29) is 29.0 Å². The van der Waals surface area contributed by atoms with Gasteiger partial charge in [0.05, 0.1) is 22.2 Å². The lowest BCUT2D eigenvalue weighted by atomic mass is 10.1. The van der Waals surface area contributed by atoms with Crippen molar-refractivity contribution >= 4 is 16.8 Å². The van der Waals surface area contributed by atoms with Crippen LogP contribution in [0.5, 0.6) is 0 Å². The van der Waals surface area contributed by atoms with Gasteiger partial charge < -0.3 is 5.32 Å². The lowest BCUT2D eigenvalue weighted by molar-refractivity contribution is -0.137. The second kappa shape index (κ2) is 8.02. The highest BCUT2D eigenvalue weighted by molar-refractivity contribution is 5.97. The van der Waals surface area contributed by atoms with Gasteiger partial charge in [-0.3, -0.25) is 19.1 Å². The molecule has 1 amide bonds. The summed E-state index contributed by atoms with van der Waals surface area (Å²) in [5, 5.41) is 2.94. The summed E-state index contributed by atoms with van der Waals surface area (Å²) in [5.74, 6) is -0.352. The Kier molecular flexibility index (Phi) is 5.24. The SMILES string of the molecule is O=C(NCc1cccnc1)c1ccc2c(=O)n(-c3cccc(C(F)(F)F)c3)cnc2c1. The van der Waals surface area contributed by atoms with Crippen molar-refractivity contribution in [3.05, 3.63) is 100 Å². The molecule has 0 unspecified atom stereocenters. The normalized spacial score (nSPS) is 11.5. The van der Waals surface area contributed by atoms with E-state index in [0.29, 0.717) is 5.56 Å². The van der Waals surface area contributed by atoms with Crippen LogP contribution < -0.4 is 10.9 Å². The van der Waals surface area contributed by atoms with Crippen molar-refractivity contribution in [2.75, 3.05) is 0 Å². The lowest BCUT2D eigenvalue weighted by Gasteiger charge is -2.11. The smallest absolute Gasteiger partial charge is 0.348 e. The fraction of sp³-hybridized carbons (Fsp3) is 0.0909. The van der Waals surface area contributed by atoms with Gasteiger partial charge >= 0.3 is 6.18 Å². The van der Waals surface area contributed by atoms with Gasteiger partial charge in [0.1, 0.15) is 6.33 Å². The summed E-state index contributed by atoms with van der Waals surface area (Å²) in [4.78, 5) is 33.4. The van der Waals surface area contributed by atoms with Crippen molar-refractivity contribution < 1.29 is 18.0 Å². The molecule has 0 spiro atoms. The molecule has 4 aromatic rings. The number of hydrogen-bond donors (Lipinski definition) is 1. The van der Waals surface area contributed by atoms with Gasteiger partial charge in [-0.25, -0.2) is 4.98 Å². The summed E-state index contributed by atoms with van der Waals surface area (Å²) in [6, 6.07) is 12.4. The van der Waals surface area contributed by atoms with E-state index >= 15 is 0 Å². The van der Waals surface area contributed by atoms with Crippen molar-refractivity contribution in [3.8, 4) is 5.69 Å². The molecule has 0 saturated carbocycles. The van der Waals surface area contributed by atoms with Crippen LogP contribution in [0.2, 0.25) is 0 Å². The molecule has 0 saturated heterocycles. The molecule has 2 aromatic heterocycles. The molecule has 9 heteroatoms. The van der Waals surface area contributed by atoms with E-state index in [1.165, 1.54) is 30.3 Å². The number of aromatic nitrogens is 3. The maximum atomic E-state index is 13.0. The number of benzene rings is 2. The molecule has 0 atom stereocenters. The third-order valence-electron chi connectivity index (χ3n) is 4.65. The van der Waals surface area contributed by atoms with Crippen molar-refractivity contribution in [2.45, 2.75) is 12.7 Å².